The summed E-state index contributed by atoms with van der Waals surface area (Å²) in [5, 5.41) is 10.3. The zero-order valence-corrected chi connectivity index (χ0v) is 8.10. The number of rotatable bonds is 4. The Hall–Kier alpha value is -2.04. The molecule has 0 aromatic heterocycles. The highest BCUT2D eigenvalue weighted by Crippen LogP contribution is 2.06. The first-order chi connectivity index (χ1) is 7.11. The van der Waals surface area contributed by atoms with Gasteiger partial charge in [-0.15, -0.1) is 0 Å². The summed E-state index contributed by atoms with van der Waals surface area (Å²) in [5.41, 5.74) is 2.91. The van der Waals surface area contributed by atoms with E-state index in [9.17, 15) is 14.7 Å². The topological polar surface area (TPSA) is 78.5 Å². The van der Waals surface area contributed by atoms with Crippen LogP contribution in [0.1, 0.15) is 6.92 Å². The van der Waals surface area contributed by atoms with Crippen molar-refractivity contribution >= 4 is 17.6 Å². The highest BCUT2D eigenvalue weighted by Gasteiger charge is 2.15. The minimum absolute atomic E-state index is 0.566. The van der Waals surface area contributed by atoms with Gasteiger partial charge in [-0.1, -0.05) is 18.2 Å². The second-order valence-electron chi connectivity index (χ2n) is 2.93. The molecule has 0 spiro atoms. The lowest BCUT2D eigenvalue weighted by atomic mass is 10.2. The van der Waals surface area contributed by atoms with Gasteiger partial charge in [-0.25, -0.2) is 10.3 Å². The molecular formula is C10H10NO4-. The Labute approximate surface area is 86.6 Å². The van der Waals surface area contributed by atoms with Crippen molar-refractivity contribution in [2.75, 3.05) is 5.48 Å². The van der Waals surface area contributed by atoms with Crippen molar-refractivity contribution in [1.29, 1.82) is 0 Å². The zero-order chi connectivity index (χ0) is 11.3. The summed E-state index contributed by atoms with van der Waals surface area (Å²) in [6.45, 7) is 1.20. The molecule has 1 atom stereocenters. The molecule has 0 aliphatic carbocycles. The third-order valence-corrected chi connectivity index (χ3v) is 1.75. The average molecular weight is 208 g/mol. The first-order valence-corrected chi connectivity index (χ1v) is 4.34. The molecule has 0 aliphatic heterocycles. The third kappa shape index (κ3) is 3.30. The van der Waals surface area contributed by atoms with Gasteiger partial charge in [0, 0.05) is 0 Å². The van der Waals surface area contributed by atoms with Gasteiger partial charge in [-0.2, -0.15) is 0 Å². The van der Waals surface area contributed by atoms with Crippen molar-refractivity contribution in [2.45, 2.75) is 6.92 Å². The van der Waals surface area contributed by atoms with Gasteiger partial charge in [-0.05, 0) is 19.1 Å². The zero-order valence-electron chi connectivity index (χ0n) is 8.10. The lowest BCUT2D eigenvalue weighted by molar-refractivity contribution is -0.310. The molecule has 1 aromatic carbocycles. The van der Waals surface area contributed by atoms with Crippen molar-refractivity contribution in [1.82, 2.24) is 0 Å². The van der Waals surface area contributed by atoms with Gasteiger partial charge in [0.2, 0.25) is 0 Å². The molecule has 5 heteroatoms. The SMILES string of the molecule is C[C@@H](C(=O)[O-])C(=O)ONc1ccccc1. The van der Waals surface area contributed by atoms with Gasteiger partial charge < -0.3 is 14.7 Å². The molecule has 1 rings (SSSR count). The number of carboxylic acids is 1. The van der Waals surface area contributed by atoms with Crippen molar-refractivity contribution in [3.8, 4) is 0 Å². The summed E-state index contributed by atoms with van der Waals surface area (Å²) >= 11 is 0. The fourth-order valence-electron chi connectivity index (χ4n) is 0.800. The van der Waals surface area contributed by atoms with E-state index in [1.54, 1.807) is 30.3 Å². The van der Waals surface area contributed by atoms with Gasteiger partial charge >= 0.3 is 5.97 Å². The van der Waals surface area contributed by atoms with Gasteiger partial charge in [0.25, 0.3) is 0 Å². The van der Waals surface area contributed by atoms with Crippen molar-refractivity contribution in [3.63, 3.8) is 0 Å². The van der Waals surface area contributed by atoms with Crippen LogP contribution < -0.4 is 10.6 Å². The standard InChI is InChI=1S/C10H11NO4/c1-7(9(12)13)10(14)15-11-8-5-3-2-4-6-8/h2-7,11H,1H3,(H,12,13)/p-1/t7-/m0/s1. The number of carbonyl (C=O) groups excluding carboxylic acids is 2. The number of aliphatic carboxylic acids is 1. The maximum Gasteiger partial charge on any atom is 0.340 e. The minimum atomic E-state index is -1.46. The Balaban J connectivity index is 2.44. The van der Waals surface area contributed by atoms with Crippen LogP contribution in [-0.2, 0) is 14.4 Å². The Morgan fingerprint density at radius 2 is 1.93 bits per heavy atom. The van der Waals surface area contributed by atoms with Crippen molar-refractivity contribution in [3.05, 3.63) is 30.3 Å². The Morgan fingerprint density at radius 3 is 2.47 bits per heavy atom. The van der Waals surface area contributed by atoms with E-state index in [-0.39, 0.29) is 0 Å². The second kappa shape index (κ2) is 4.99. The molecule has 0 saturated carbocycles. The summed E-state index contributed by atoms with van der Waals surface area (Å²) in [5.74, 6) is -3.64. The number of carbonyl (C=O) groups is 2. The van der Waals surface area contributed by atoms with Crippen molar-refractivity contribution < 1.29 is 19.5 Å². The second-order valence-corrected chi connectivity index (χ2v) is 2.93. The summed E-state index contributed by atoms with van der Waals surface area (Å²) < 4.78 is 0. The smallest absolute Gasteiger partial charge is 0.340 e. The third-order valence-electron chi connectivity index (χ3n) is 1.75. The molecule has 0 heterocycles. The van der Waals surface area contributed by atoms with E-state index >= 15 is 0 Å². The lowest BCUT2D eigenvalue weighted by Crippen LogP contribution is -2.36. The van der Waals surface area contributed by atoms with Crippen LogP contribution >= 0.6 is 0 Å². The Morgan fingerprint density at radius 1 is 1.33 bits per heavy atom. The molecule has 1 N–H and O–H groups in total. The van der Waals surface area contributed by atoms with E-state index in [0.717, 1.165) is 0 Å². The molecule has 0 unspecified atom stereocenters. The quantitative estimate of drug-likeness (QED) is 0.554. The minimum Gasteiger partial charge on any atom is -0.549 e. The number of hydrogen-bond donors (Lipinski definition) is 1. The van der Waals surface area contributed by atoms with Crippen LogP contribution in [0.5, 0.6) is 0 Å². The van der Waals surface area contributed by atoms with E-state index in [4.69, 9.17) is 0 Å². The van der Waals surface area contributed by atoms with Crippen LogP contribution in [-0.4, -0.2) is 11.9 Å². The number of carboxylic acid groups (broad SMARTS) is 1. The van der Waals surface area contributed by atoms with E-state index in [0.29, 0.717) is 5.69 Å². The molecule has 0 amide bonds. The summed E-state index contributed by atoms with van der Waals surface area (Å²) in [4.78, 5) is 25.9. The maximum atomic E-state index is 11.1. The molecule has 0 saturated heterocycles. The van der Waals surface area contributed by atoms with E-state index in [1.807, 2.05) is 0 Å². The van der Waals surface area contributed by atoms with E-state index in [1.165, 1.54) is 6.92 Å². The van der Waals surface area contributed by atoms with E-state index < -0.39 is 17.9 Å². The van der Waals surface area contributed by atoms with Gasteiger partial charge in [0.05, 0.1) is 17.6 Å². The van der Waals surface area contributed by atoms with Crippen LogP contribution in [0.15, 0.2) is 30.3 Å². The largest absolute Gasteiger partial charge is 0.549 e. The average Bonchev–Trinajstić information content (AvgIpc) is 2.26. The maximum absolute atomic E-state index is 11.1. The normalized spacial score (nSPS) is 11.5. The summed E-state index contributed by atoms with van der Waals surface area (Å²) in [7, 11) is 0. The Kier molecular flexibility index (Phi) is 3.68. The van der Waals surface area contributed by atoms with Crippen LogP contribution in [0, 0.1) is 5.92 Å². The lowest BCUT2D eigenvalue weighted by Gasteiger charge is -2.12. The van der Waals surface area contributed by atoms with Gasteiger partial charge in [0.1, 0.15) is 0 Å². The number of hydrogen-bond acceptors (Lipinski definition) is 5. The first kappa shape index (κ1) is 11.0. The van der Waals surface area contributed by atoms with Crippen LogP contribution in [0.25, 0.3) is 0 Å². The molecule has 1 aromatic rings. The monoisotopic (exact) mass is 208 g/mol. The molecule has 15 heavy (non-hydrogen) atoms. The molecule has 0 radical (unpaired) electrons. The molecular weight excluding hydrogens is 198 g/mol. The molecule has 5 nitrogen and oxygen atoms in total. The first-order valence-electron chi connectivity index (χ1n) is 4.34. The number of anilines is 1. The number of benzene rings is 1. The molecule has 80 valence electrons. The van der Waals surface area contributed by atoms with Gasteiger partial charge in [-0.3, -0.25) is 0 Å². The van der Waals surface area contributed by atoms with E-state index in [2.05, 4.69) is 10.3 Å². The van der Waals surface area contributed by atoms with Crippen LogP contribution in [0.2, 0.25) is 0 Å². The molecule has 0 aliphatic rings. The van der Waals surface area contributed by atoms with Crippen LogP contribution in [0.4, 0.5) is 5.69 Å². The Bertz CT molecular complexity index is 350. The van der Waals surface area contributed by atoms with Crippen LogP contribution in [0.3, 0.4) is 0 Å². The summed E-state index contributed by atoms with van der Waals surface area (Å²) in [6.07, 6.45) is 0. The predicted molar refractivity (Wildman–Crippen MR) is 50.3 cm³/mol. The fraction of sp³-hybridized carbons (Fsp3) is 0.200. The molecule has 0 bridgehead atoms. The molecule has 0 fully saturated rings. The van der Waals surface area contributed by atoms with Gasteiger partial charge in [0.15, 0.2) is 0 Å². The predicted octanol–water partition coefficient (Wildman–Crippen LogP) is -0.0573. The van der Waals surface area contributed by atoms with Crippen molar-refractivity contribution in [2.24, 2.45) is 5.92 Å². The number of nitrogens with one attached hydrogen (secondary N) is 1. The number of para-hydroxylation sites is 1. The summed E-state index contributed by atoms with van der Waals surface area (Å²) in [6, 6.07) is 8.65. The highest BCUT2D eigenvalue weighted by atomic mass is 16.7. The fourth-order valence-corrected chi connectivity index (χ4v) is 0.800. The highest BCUT2D eigenvalue weighted by molar-refractivity contribution is 5.92.